The summed E-state index contributed by atoms with van der Waals surface area (Å²) in [7, 11) is 0. The van der Waals surface area contributed by atoms with Crippen molar-refractivity contribution in [2.24, 2.45) is 0 Å². The summed E-state index contributed by atoms with van der Waals surface area (Å²) in [5.74, 6) is -0.247. The lowest BCUT2D eigenvalue weighted by Gasteiger charge is -2.46. The molecule has 2 aliphatic heterocycles. The molecular weight excluding hydrogens is 1070 g/mol. The first-order valence-corrected chi connectivity index (χ1v) is 35.7. The third-order valence-corrected chi connectivity index (χ3v) is 17.6. The number of aliphatic hydroxyl groups is 8. The molecule has 0 bridgehead atoms. The van der Waals surface area contributed by atoms with E-state index in [9.17, 15) is 45.6 Å². The zero-order valence-corrected chi connectivity index (χ0v) is 54.4. The monoisotopic (exact) mass is 1210 g/mol. The molecule has 85 heavy (non-hydrogen) atoms. The van der Waals surface area contributed by atoms with Gasteiger partial charge in [0.15, 0.2) is 12.6 Å². The van der Waals surface area contributed by atoms with E-state index in [2.05, 4.69) is 43.5 Å². The summed E-state index contributed by atoms with van der Waals surface area (Å²) in [6.45, 7) is 2.83. The van der Waals surface area contributed by atoms with Gasteiger partial charge in [0.05, 0.1) is 32.0 Å². The summed E-state index contributed by atoms with van der Waals surface area (Å²) in [6, 6.07) is -0.937. The molecule has 2 saturated heterocycles. The highest BCUT2D eigenvalue weighted by molar-refractivity contribution is 5.76. The largest absolute Gasteiger partial charge is 0.394 e. The number of amides is 1. The second-order valence-electron chi connectivity index (χ2n) is 25.4. The number of hydrogen-bond donors (Lipinski definition) is 9. The minimum atomic E-state index is -1.79. The van der Waals surface area contributed by atoms with Crippen LogP contribution in [0, 0.1) is 0 Å². The smallest absolute Gasteiger partial charge is 0.220 e. The van der Waals surface area contributed by atoms with Crippen LogP contribution in [0.4, 0.5) is 0 Å². The van der Waals surface area contributed by atoms with Crippen molar-refractivity contribution in [2.75, 3.05) is 19.8 Å². The van der Waals surface area contributed by atoms with Gasteiger partial charge in [0.2, 0.25) is 5.91 Å². The lowest BCUT2D eigenvalue weighted by atomic mass is 9.97. The Morgan fingerprint density at radius 1 is 0.412 bits per heavy atom. The van der Waals surface area contributed by atoms with Crippen molar-refractivity contribution in [3.8, 4) is 0 Å². The van der Waals surface area contributed by atoms with Gasteiger partial charge in [-0.25, -0.2) is 0 Å². The van der Waals surface area contributed by atoms with Gasteiger partial charge in [0.25, 0.3) is 0 Å². The Morgan fingerprint density at radius 3 is 1.15 bits per heavy atom. The van der Waals surface area contributed by atoms with E-state index in [1.54, 1.807) is 6.08 Å². The number of hydrogen-bond acceptors (Lipinski definition) is 13. The minimum Gasteiger partial charge on any atom is -0.394 e. The molecule has 0 aromatic carbocycles. The van der Waals surface area contributed by atoms with Gasteiger partial charge >= 0.3 is 0 Å². The van der Waals surface area contributed by atoms with E-state index >= 15 is 0 Å². The van der Waals surface area contributed by atoms with E-state index in [0.29, 0.717) is 12.8 Å². The van der Waals surface area contributed by atoms with Crippen LogP contribution in [0.1, 0.15) is 316 Å². The third kappa shape index (κ3) is 40.5. The van der Waals surface area contributed by atoms with Crippen molar-refractivity contribution in [3.63, 3.8) is 0 Å². The zero-order chi connectivity index (χ0) is 61.6. The summed E-state index contributed by atoms with van der Waals surface area (Å²) in [6.07, 6.45) is 54.9. The Morgan fingerprint density at radius 2 is 0.753 bits per heavy atom. The fourth-order valence-electron chi connectivity index (χ4n) is 11.9. The second kappa shape index (κ2) is 56.2. The Hall–Kier alpha value is -1.79. The van der Waals surface area contributed by atoms with Gasteiger partial charge in [-0.1, -0.05) is 301 Å². The molecule has 2 rings (SSSR count). The first-order chi connectivity index (χ1) is 41.6. The Balaban J connectivity index is 1.69. The molecule has 500 valence electrons. The molecular formula is C71H133NO13. The molecule has 0 aromatic heterocycles. The molecule has 0 aromatic rings. The molecule has 12 unspecified atom stereocenters. The number of nitrogens with one attached hydrogen (secondary N) is 1. The fraction of sp³-hybridized carbons (Fsp3) is 0.901. The minimum absolute atomic E-state index is 0.247. The third-order valence-electron chi connectivity index (χ3n) is 17.6. The van der Waals surface area contributed by atoms with E-state index in [4.69, 9.17) is 18.9 Å². The molecule has 2 aliphatic rings. The summed E-state index contributed by atoms with van der Waals surface area (Å²) in [4.78, 5) is 13.3. The molecule has 0 radical (unpaired) electrons. The predicted molar refractivity (Wildman–Crippen MR) is 346 cm³/mol. The van der Waals surface area contributed by atoms with E-state index in [1.807, 2.05) is 6.08 Å². The van der Waals surface area contributed by atoms with E-state index in [1.165, 1.54) is 238 Å². The van der Waals surface area contributed by atoms with Crippen molar-refractivity contribution in [3.05, 3.63) is 36.5 Å². The fourth-order valence-corrected chi connectivity index (χ4v) is 11.9. The molecule has 2 heterocycles. The van der Waals surface area contributed by atoms with Gasteiger partial charge in [0.1, 0.15) is 48.8 Å². The summed E-state index contributed by atoms with van der Waals surface area (Å²) < 4.78 is 22.8. The van der Waals surface area contributed by atoms with Crippen molar-refractivity contribution in [1.29, 1.82) is 0 Å². The number of carbonyl (C=O) groups excluding carboxylic acids is 1. The number of ether oxygens (including phenoxy) is 4. The quantitative estimate of drug-likeness (QED) is 0.0204. The van der Waals surface area contributed by atoms with Crippen molar-refractivity contribution in [1.82, 2.24) is 5.32 Å². The predicted octanol–water partition coefficient (Wildman–Crippen LogP) is 14.5. The van der Waals surface area contributed by atoms with Crippen LogP contribution in [-0.2, 0) is 23.7 Å². The maximum atomic E-state index is 13.3. The van der Waals surface area contributed by atoms with E-state index < -0.39 is 86.8 Å². The number of unbranched alkanes of at least 4 members (excludes halogenated alkanes) is 42. The van der Waals surface area contributed by atoms with Crippen LogP contribution in [0.25, 0.3) is 0 Å². The SMILES string of the molecule is CCCCCCCCCCCCCCCC/C=C/CC/C=C/CC/C=C/C(O)C(COC1OC(CO)C(OC2OC(CO)C(O)C(O)C2O)C(O)C1O)NC(=O)CCCCCCCCCCCCCCCCCCCCCCCCCCCCC. The van der Waals surface area contributed by atoms with Crippen LogP contribution in [0.3, 0.4) is 0 Å². The van der Waals surface area contributed by atoms with Gasteiger partial charge in [0, 0.05) is 6.42 Å². The van der Waals surface area contributed by atoms with Crippen LogP contribution in [0.15, 0.2) is 36.5 Å². The zero-order valence-electron chi connectivity index (χ0n) is 54.4. The number of allylic oxidation sites excluding steroid dienone is 5. The normalized spacial score (nSPS) is 23.7. The molecule has 12 atom stereocenters. The van der Waals surface area contributed by atoms with Crippen LogP contribution in [0.5, 0.6) is 0 Å². The average Bonchev–Trinajstić information content (AvgIpc) is 3.68. The van der Waals surface area contributed by atoms with Gasteiger partial charge in [-0.15, -0.1) is 0 Å². The number of rotatable bonds is 59. The Bertz CT molecular complexity index is 1560. The van der Waals surface area contributed by atoms with Gasteiger partial charge < -0.3 is 65.1 Å². The molecule has 14 heteroatoms. The summed E-state index contributed by atoms with van der Waals surface area (Å²) >= 11 is 0. The Labute approximate surface area is 519 Å². The molecule has 0 spiro atoms. The lowest BCUT2D eigenvalue weighted by Crippen LogP contribution is -2.65. The van der Waals surface area contributed by atoms with Gasteiger partial charge in [-0.3, -0.25) is 4.79 Å². The highest BCUT2D eigenvalue weighted by atomic mass is 16.7. The van der Waals surface area contributed by atoms with E-state index in [0.717, 1.165) is 44.9 Å². The molecule has 0 aliphatic carbocycles. The van der Waals surface area contributed by atoms with Crippen molar-refractivity contribution in [2.45, 2.75) is 389 Å². The Kier molecular flexibility index (Phi) is 52.4. The van der Waals surface area contributed by atoms with Crippen LogP contribution >= 0.6 is 0 Å². The summed E-state index contributed by atoms with van der Waals surface area (Å²) in [5, 5.41) is 87.4. The second-order valence-corrected chi connectivity index (χ2v) is 25.4. The molecule has 14 nitrogen and oxygen atoms in total. The highest BCUT2D eigenvalue weighted by Crippen LogP contribution is 2.30. The lowest BCUT2D eigenvalue weighted by molar-refractivity contribution is -0.359. The molecule has 0 saturated carbocycles. The number of carbonyl (C=O) groups is 1. The van der Waals surface area contributed by atoms with Crippen LogP contribution < -0.4 is 5.32 Å². The first-order valence-electron chi connectivity index (χ1n) is 35.7. The standard InChI is InChI=1S/C71H133NO13/c1-3-5-7-9-11-13-15-17-19-21-23-25-27-29-30-31-33-35-37-39-41-43-45-47-49-51-53-55-63(76)72-59(58-82-70-68(81)66(79)69(62(57-74)84-70)85-71-67(80)65(78)64(77)61(56-73)83-71)60(75)54-52-50-48-46-44-42-40-38-36-34-32-28-26-24-22-20-18-16-14-12-10-8-6-4-2/h36,38,44,46,52,54,59-62,64-71,73-75,77-81H,3-35,37,39-43,45,47-51,53,55-58H2,1-2H3,(H,72,76)/b38-36+,46-44+,54-52+. The average molecular weight is 1210 g/mol. The van der Waals surface area contributed by atoms with Crippen molar-refractivity contribution < 1.29 is 64.6 Å². The maximum Gasteiger partial charge on any atom is 0.220 e. The molecule has 9 N–H and O–H groups in total. The maximum absolute atomic E-state index is 13.3. The first kappa shape index (κ1) is 79.3. The van der Waals surface area contributed by atoms with Crippen LogP contribution in [0.2, 0.25) is 0 Å². The highest BCUT2D eigenvalue weighted by Gasteiger charge is 2.51. The van der Waals surface area contributed by atoms with Crippen LogP contribution in [-0.4, -0.2) is 140 Å². The topological polar surface area (TPSA) is 228 Å². The summed E-state index contributed by atoms with van der Waals surface area (Å²) in [5.41, 5.74) is 0. The molecule has 2 fully saturated rings. The van der Waals surface area contributed by atoms with Gasteiger partial charge in [-0.05, 0) is 44.9 Å². The molecule has 1 amide bonds. The van der Waals surface area contributed by atoms with Gasteiger partial charge in [-0.2, -0.15) is 0 Å². The van der Waals surface area contributed by atoms with Crippen molar-refractivity contribution >= 4 is 5.91 Å². The van der Waals surface area contributed by atoms with E-state index in [-0.39, 0.29) is 18.9 Å². The number of aliphatic hydroxyl groups excluding tert-OH is 8.